The molecule has 2 atom stereocenters. The van der Waals surface area contributed by atoms with Crippen LogP contribution >= 0.6 is 0 Å². The third-order valence-corrected chi connectivity index (χ3v) is 6.31. The Kier molecular flexibility index (Phi) is 8.37. The molecular weight excluding hydrogens is 529 g/mol. The lowest BCUT2D eigenvalue weighted by Crippen LogP contribution is -2.55. The second kappa shape index (κ2) is 11.9. The van der Waals surface area contributed by atoms with Crippen LogP contribution in [0.2, 0.25) is 0 Å². The highest BCUT2D eigenvalue weighted by molar-refractivity contribution is 6.00. The number of nitrogens with zero attached hydrogens (tertiary/aromatic N) is 2. The number of hydrogen-bond acceptors (Lipinski definition) is 4. The molecule has 9 nitrogen and oxygen atoms in total. The first-order valence-electron chi connectivity index (χ1n) is 12.2. The van der Waals surface area contributed by atoms with Gasteiger partial charge in [0.2, 0.25) is 0 Å². The first kappa shape index (κ1) is 28.1. The van der Waals surface area contributed by atoms with Gasteiger partial charge in [-0.2, -0.15) is 0 Å². The highest BCUT2D eigenvalue weighted by atomic mass is 19.1. The van der Waals surface area contributed by atoms with Crippen LogP contribution < -0.4 is 10.6 Å². The molecule has 1 heterocycles. The van der Waals surface area contributed by atoms with Crippen LogP contribution in [0.25, 0.3) is 0 Å². The molecule has 0 aliphatic carbocycles. The number of nitrogens with one attached hydrogen (secondary N) is 2. The maximum atomic E-state index is 13.9. The molecule has 40 heavy (non-hydrogen) atoms. The van der Waals surface area contributed by atoms with Crippen molar-refractivity contribution < 1.29 is 37.5 Å². The van der Waals surface area contributed by atoms with Crippen LogP contribution in [0, 0.1) is 24.4 Å². The second-order valence-electron chi connectivity index (χ2n) is 9.23. The van der Waals surface area contributed by atoms with Crippen molar-refractivity contribution in [3.63, 3.8) is 0 Å². The van der Waals surface area contributed by atoms with Gasteiger partial charge in [0.25, 0.3) is 11.8 Å². The van der Waals surface area contributed by atoms with E-state index in [0.717, 1.165) is 39.6 Å². The molecule has 2 unspecified atom stereocenters. The van der Waals surface area contributed by atoms with Crippen molar-refractivity contribution in [1.82, 2.24) is 15.1 Å². The molecule has 3 aromatic rings. The molecule has 12 heteroatoms. The van der Waals surface area contributed by atoms with Crippen molar-refractivity contribution >= 4 is 29.5 Å². The fourth-order valence-corrected chi connectivity index (χ4v) is 4.38. The number of urea groups is 1. The van der Waals surface area contributed by atoms with E-state index in [9.17, 15) is 37.5 Å². The molecule has 208 valence electrons. The number of anilines is 1. The first-order chi connectivity index (χ1) is 19.0. The molecule has 0 saturated carbocycles. The minimum absolute atomic E-state index is 0.112. The number of aryl methyl sites for hydroxylation is 1. The van der Waals surface area contributed by atoms with Crippen LogP contribution in [0.5, 0.6) is 0 Å². The summed E-state index contributed by atoms with van der Waals surface area (Å²) in [6.45, 7) is 1.59. The Morgan fingerprint density at radius 3 is 2.08 bits per heavy atom. The summed E-state index contributed by atoms with van der Waals surface area (Å²) in [6, 6.07) is 11.9. The summed E-state index contributed by atoms with van der Waals surface area (Å²) in [5.41, 5.74) is 1.26. The fraction of sp³-hybridized carbons (Fsp3) is 0.214. The van der Waals surface area contributed by atoms with Crippen molar-refractivity contribution in [3.05, 3.63) is 101 Å². The van der Waals surface area contributed by atoms with Crippen LogP contribution in [-0.2, 0) is 9.59 Å². The number of carboxylic acids is 1. The third-order valence-electron chi connectivity index (χ3n) is 6.31. The molecular formula is C28H25F3N4O5. The Morgan fingerprint density at radius 1 is 0.875 bits per heavy atom. The number of benzene rings is 3. The molecule has 1 fully saturated rings. The molecule has 3 N–H and O–H groups in total. The van der Waals surface area contributed by atoms with Crippen LogP contribution in [0.4, 0.5) is 23.7 Å². The second-order valence-corrected chi connectivity index (χ2v) is 9.23. The fourth-order valence-electron chi connectivity index (χ4n) is 4.38. The van der Waals surface area contributed by atoms with Crippen molar-refractivity contribution in [2.45, 2.75) is 25.6 Å². The monoisotopic (exact) mass is 554 g/mol. The van der Waals surface area contributed by atoms with E-state index in [2.05, 4.69) is 10.6 Å². The molecule has 4 rings (SSSR count). The third kappa shape index (κ3) is 6.57. The minimum Gasteiger partial charge on any atom is -0.481 e. The number of aliphatic carboxylic acids is 1. The van der Waals surface area contributed by atoms with Gasteiger partial charge in [0.05, 0.1) is 12.5 Å². The van der Waals surface area contributed by atoms with E-state index in [0.29, 0.717) is 11.8 Å². The summed E-state index contributed by atoms with van der Waals surface area (Å²) in [4.78, 5) is 53.8. The SMILES string of the molecule is Cc1ccc(NC(=O)N2CCN(C(=O)c3cc(F)cc(F)c3)C2C(=O)NC(CC(=O)O)c2ccc(F)cc2)cc1. The van der Waals surface area contributed by atoms with Gasteiger partial charge in [-0.15, -0.1) is 0 Å². The number of hydrogen-bond donors (Lipinski definition) is 3. The van der Waals surface area contributed by atoms with E-state index in [-0.39, 0.29) is 24.2 Å². The van der Waals surface area contributed by atoms with Gasteiger partial charge < -0.3 is 20.6 Å². The summed E-state index contributed by atoms with van der Waals surface area (Å²) in [5.74, 6) is -5.68. The Labute approximate surface area is 227 Å². The highest BCUT2D eigenvalue weighted by Crippen LogP contribution is 2.24. The van der Waals surface area contributed by atoms with Crippen molar-refractivity contribution in [1.29, 1.82) is 0 Å². The van der Waals surface area contributed by atoms with E-state index < -0.39 is 59.9 Å². The van der Waals surface area contributed by atoms with Crippen LogP contribution in [0.1, 0.15) is 33.9 Å². The van der Waals surface area contributed by atoms with Gasteiger partial charge >= 0.3 is 12.0 Å². The lowest BCUT2D eigenvalue weighted by molar-refractivity contribution is -0.138. The molecule has 0 aromatic heterocycles. The number of carbonyl (C=O) groups is 4. The summed E-state index contributed by atoms with van der Waals surface area (Å²) in [7, 11) is 0. The standard InChI is InChI=1S/C28H25F3N4O5/c1-16-2-8-22(9-3-16)32-28(40)35-11-10-34(27(39)18-12-20(30)14-21(31)13-18)26(35)25(38)33-23(15-24(36)37)17-4-6-19(29)7-5-17/h2-9,12-14,23,26H,10-11,15H2,1H3,(H,32,40)(H,33,38)(H,36,37). The van der Waals surface area contributed by atoms with Crippen molar-refractivity contribution in [2.24, 2.45) is 0 Å². The smallest absolute Gasteiger partial charge is 0.323 e. The summed E-state index contributed by atoms with van der Waals surface area (Å²) in [6.07, 6.45) is -2.18. The average Bonchev–Trinajstić information content (AvgIpc) is 3.34. The topological polar surface area (TPSA) is 119 Å². The lowest BCUT2D eigenvalue weighted by atomic mass is 10.0. The number of amides is 4. The van der Waals surface area contributed by atoms with E-state index >= 15 is 0 Å². The van der Waals surface area contributed by atoms with Crippen LogP contribution in [0.3, 0.4) is 0 Å². The normalized spacial score (nSPS) is 15.4. The molecule has 1 aliphatic heterocycles. The van der Waals surface area contributed by atoms with Crippen LogP contribution in [0.15, 0.2) is 66.7 Å². The minimum atomic E-state index is -1.60. The molecule has 0 spiro atoms. The Hall–Kier alpha value is -4.87. The highest BCUT2D eigenvalue weighted by Gasteiger charge is 2.44. The average molecular weight is 555 g/mol. The zero-order chi connectivity index (χ0) is 29.0. The number of carbonyl (C=O) groups excluding carboxylic acids is 3. The molecule has 3 aromatic carbocycles. The van der Waals surface area contributed by atoms with E-state index in [4.69, 9.17) is 0 Å². The molecule has 1 aliphatic rings. The van der Waals surface area contributed by atoms with Gasteiger partial charge in [0.1, 0.15) is 17.5 Å². The van der Waals surface area contributed by atoms with Gasteiger partial charge in [0, 0.05) is 30.4 Å². The quantitative estimate of drug-likeness (QED) is 0.407. The summed E-state index contributed by atoms with van der Waals surface area (Å²) < 4.78 is 41.2. The Morgan fingerprint density at radius 2 is 1.48 bits per heavy atom. The first-order valence-corrected chi connectivity index (χ1v) is 12.2. The summed E-state index contributed by atoms with van der Waals surface area (Å²) in [5, 5.41) is 14.6. The Balaban J connectivity index is 1.66. The van der Waals surface area contributed by atoms with E-state index in [1.807, 2.05) is 6.92 Å². The number of rotatable bonds is 7. The lowest BCUT2D eigenvalue weighted by Gasteiger charge is -2.31. The molecule has 1 saturated heterocycles. The zero-order valence-corrected chi connectivity index (χ0v) is 21.2. The maximum absolute atomic E-state index is 13.9. The van der Waals surface area contributed by atoms with Crippen molar-refractivity contribution in [3.8, 4) is 0 Å². The predicted molar refractivity (Wildman–Crippen MR) is 138 cm³/mol. The summed E-state index contributed by atoms with van der Waals surface area (Å²) >= 11 is 0. The van der Waals surface area contributed by atoms with E-state index in [1.54, 1.807) is 24.3 Å². The predicted octanol–water partition coefficient (Wildman–Crippen LogP) is 4.06. The number of halogens is 3. The van der Waals surface area contributed by atoms with E-state index in [1.165, 1.54) is 12.1 Å². The number of carboxylic acid groups (broad SMARTS) is 1. The maximum Gasteiger partial charge on any atom is 0.323 e. The van der Waals surface area contributed by atoms with Gasteiger partial charge in [-0.05, 0) is 48.9 Å². The van der Waals surface area contributed by atoms with Gasteiger partial charge in [0.15, 0.2) is 6.17 Å². The molecule has 0 radical (unpaired) electrons. The van der Waals surface area contributed by atoms with Crippen molar-refractivity contribution in [2.75, 3.05) is 18.4 Å². The largest absolute Gasteiger partial charge is 0.481 e. The molecule has 0 bridgehead atoms. The zero-order valence-electron chi connectivity index (χ0n) is 21.2. The van der Waals surface area contributed by atoms with Gasteiger partial charge in [-0.25, -0.2) is 18.0 Å². The van der Waals surface area contributed by atoms with Crippen LogP contribution in [-0.4, -0.2) is 58.0 Å². The molecule has 4 amide bonds. The van der Waals surface area contributed by atoms with Gasteiger partial charge in [-0.3, -0.25) is 19.3 Å². The Bertz CT molecular complexity index is 1410. The van der Waals surface area contributed by atoms with Gasteiger partial charge in [-0.1, -0.05) is 29.8 Å².